The summed E-state index contributed by atoms with van der Waals surface area (Å²) in [7, 11) is 1.80. The van der Waals surface area contributed by atoms with Gasteiger partial charge in [-0.2, -0.15) is 0 Å². The molecule has 1 aliphatic heterocycles. The zero-order valence-electron chi connectivity index (χ0n) is 12.2. The van der Waals surface area contributed by atoms with Gasteiger partial charge in [-0.1, -0.05) is 0 Å². The first-order chi connectivity index (χ1) is 9.06. The van der Waals surface area contributed by atoms with Gasteiger partial charge in [0.25, 0.3) is 0 Å². The lowest BCUT2D eigenvalue weighted by molar-refractivity contribution is -0.0637. The second-order valence-corrected chi connectivity index (χ2v) is 5.81. The number of likely N-dealkylation sites (tertiary alicyclic amines) is 1. The molecule has 1 aliphatic rings. The molecule has 2 N–H and O–H groups in total. The molecule has 0 aromatic carbocycles. The zero-order chi connectivity index (χ0) is 13.9. The molecule has 0 spiro atoms. The van der Waals surface area contributed by atoms with E-state index in [4.69, 9.17) is 10.5 Å². The van der Waals surface area contributed by atoms with Crippen LogP contribution in [0.2, 0.25) is 0 Å². The van der Waals surface area contributed by atoms with Crippen LogP contribution in [0.25, 0.3) is 0 Å². The van der Waals surface area contributed by atoms with E-state index in [9.17, 15) is 0 Å². The first kappa shape index (κ1) is 14.4. The maximum absolute atomic E-state index is 6.23. The third-order valence-electron chi connectivity index (χ3n) is 4.12. The van der Waals surface area contributed by atoms with E-state index in [1.807, 2.05) is 12.4 Å². The second-order valence-electron chi connectivity index (χ2n) is 5.81. The van der Waals surface area contributed by atoms with Gasteiger partial charge in [0.15, 0.2) is 0 Å². The number of aromatic nitrogens is 1. The number of hydrogen-bond acceptors (Lipinski definition) is 4. The fourth-order valence-electron chi connectivity index (χ4n) is 3.06. The van der Waals surface area contributed by atoms with Gasteiger partial charge < -0.3 is 10.5 Å². The van der Waals surface area contributed by atoms with E-state index in [2.05, 4.69) is 35.9 Å². The Balaban J connectivity index is 2.20. The summed E-state index contributed by atoms with van der Waals surface area (Å²) < 4.78 is 5.68. The standard InChI is InChI=1S/C15H25N3O/c1-12(16)14(13-5-8-17-9-6-13)18-10-4-7-15(2,11-18)19-3/h5-6,8-9,12,14H,4,7,10-11,16H2,1-3H3. The fourth-order valence-corrected chi connectivity index (χ4v) is 3.06. The molecule has 2 rings (SSSR count). The van der Waals surface area contributed by atoms with Crippen molar-refractivity contribution in [3.63, 3.8) is 0 Å². The van der Waals surface area contributed by atoms with Gasteiger partial charge in [0.1, 0.15) is 0 Å². The van der Waals surface area contributed by atoms with Crippen LogP contribution >= 0.6 is 0 Å². The Kier molecular flexibility index (Phi) is 4.55. The molecule has 0 aliphatic carbocycles. The Morgan fingerprint density at radius 1 is 1.42 bits per heavy atom. The number of hydrogen-bond donors (Lipinski definition) is 1. The molecular formula is C15H25N3O. The smallest absolute Gasteiger partial charge is 0.0777 e. The van der Waals surface area contributed by atoms with E-state index in [0.29, 0.717) is 0 Å². The van der Waals surface area contributed by atoms with Crippen LogP contribution in [0.3, 0.4) is 0 Å². The number of methoxy groups -OCH3 is 1. The Morgan fingerprint density at radius 3 is 2.68 bits per heavy atom. The molecule has 0 saturated carbocycles. The first-order valence-electron chi connectivity index (χ1n) is 7.00. The van der Waals surface area contributed by atoms with Crippen LogP contribution in [0.4, 0.5) is 0 Å². The van der Waals surface area contributed by atoms with Crippen LogP contribution in [0.5, 0.6) is 0 Å². The van der Waals surface area contributed by atoms with Crippen molar-refractivity contribution in [2.75, 3.05) is 20.2 Å². The molecule has 0 radical (unpaired) electrons. The molecule has 1 saturated heterocycles. The third kappa shape index (κ3) is 3.32. The van der Waals surface area contributed by atoms with Crippen molar-refractivity contribution in [1.82, 2.24) is 9.88 Å². The third-order valence-corrected chi connectivity index (χ3v) is 4.12. The molecule has 0 bridgehead atoms. The van der Waals surface area contributed by atoms with E-state index in [1.54, 1.807) is 7.11 Å². The van der Waals surface area contributed by atoms with Gasteiger partial charge in [-0.25, -0.2) is 0 Å². The zero-order valence-corrected chi connectivity index (χ0v) is 12.2. The van der Waals surface area contributed by atoms with Crippen LogP contribution < -0.4 is 5.73 Å². The normalized spacial score (nSPS) is 28.0. The molecule has 2 heterocycles. The number of piperidine rings is 1. The summed E-state index contributed by atoms with van der Waals surface area (Å²) in [5.74, 6) is 0. The Labute approximate surface area is 116 Å². The van der Waals surface area contributed by atoms with Crippen molar-refractivity contribution in [2.24, 2.45) is 5.73 Å². The van der Waals surface area contributed by atoms with Crippen LogP contribution in [0, 0.1) is 0 Å². The van der Waals surface area contributed by atoms with E-state index in [0.717, 1.165) is 25.9 Å². The lowest BCUT2D eigenvalue weighted by Gasteiger charge is -2.44. The average molecular weight is 263 g/mol. The average Bonchev–Trinajstić information content (AvgIpc) is 2.40. The molecule has 19 heavy (non-hydrogen) atoms. The van der Waals surface area contributed by atoms with E-state index in [1.165, 1.54) is 5.56 Å². The quantitative estimate of drug-likeness (QED) is 0.902. The van der Waals surface area contributed by atoms with Gasteiger partial charge >= 0.3 is 0 Å². The number of nitrogens with zero attached hydrogens (tertiary/aromatic N) is 2. The molecule has 4 nitrogen and oxygen atoms in total. The summed E-state index contributed by atoms with van der Waals surface area (Å²) in [6.07, 6.45) is 5.94. The molecule has 1 aromatic heterocycles. The maximum atomic E-state index is 6.23. The summed E-state index contributed by atoms with van der Waals surface area (Å²) in [5.41, 5.74) is 7.41. The Morgan fingerprint density at radius 2 is 2.11 bits per heavy atom. The molecule has 3 unspecified atom stereocenters. The highest BCUT2D eigenvalue weighted by Crippen LogP contribution is 2.31. The minimum atomic E-state index is -0.0571. The van der Waals surface area contributed by atoms with Crippen molar-refractivity contribution in [1.29, 1.82) is 0 Å². The lowest BCUT2D eigenvalue weighted by Crippen LogP contribution is -2.51. The number of rotatable bonds is 4. The summed E-state index contributed by atoms with van der Waals surface area (Å²) in [4.78, 5) is 6.54. The van der Waals surface area contributed by atoms with Crippen molar-refractivity contribution in [3.8, 4) is 0 Å². The Bertz CT molecular complexity index is 396. The Hall–Kier alpha value is -0.970. The molecule has 1 fully saturated rings. The highest BCUT2D eigenvalue weighted by molar-refractivity contribution is 5.17. The minimum absolute atomic E-state index is 0.0571. The predicted molar refractivity (Wildman–Crippen MR) is 76.8 cm³/mol. The topological polar surface area (TPSA) is 51.4 Å². The predicted octanol–water partition coefficient (Wildman–Crippen LogP) is 1.97. The van der Waals surface area contributed by atoms with Gasteiger partial charge in [0.05, 0.1) is 5.60 Å². The van der Waals surface area contributed by atoms with E-state index in [-0.39, 0.29) is 17.7 Å². The van der Waals surface area contributed by atoms with E-state index < -0.39 is 0 Å². The molecule has 1 aromatic rings. The van der Waals surface area contributed by atoms with Crippen molar-refractivity contribution in [2.45, 2.75) is 44.4 Å². The van der Waals surface area contributed by atoms with Gasteiger partial charge in [-0.3, -0.25) is 9.88 Å². The molecule has 4 heteroatoms. The van der Waals surface area contributed by atoms with Crippen molar-refractivity contribution >= 4 is 0 Å². The van der Waals surface area contributed by atoms with Gasteiger partial charge in [0.2, 0.25) is 0 Å². The lowest BCUT2D eigenvalue weighted by atomic mass is 9.90. The van der Waals surface area contributed by atoms with E-state index >= 15 is 0 Å². The molecule has 3 atom stereocenters. The minimum Gasteiger partial charge on any atom is -0.377 e. The van der Waals surface area contributed by atoms with Crippen LogP contribution in [-0.2, 0) is 4.74 Å². The first-order valence-corrected chi connectivity index (χ1v) is 7.00. The number of pyridine rings is 1. The summed E-state index contributed by atoms with van der Waals surface area (Å²) in [6, 6.07) is 4.44. The second kappa shape index (κ2) is 5.99. The largest absolute Gasteiger partial charge is 0.377 e. The van der Waals surface area contributed by atoms with Crippen molar-refractivity contribution in [3.05, 3.63) is 30.1 Å². The number of ether oxygens (including phenoxy) is 1. The van der Waals surface area contributed by atoms with Gasteiger partial charge in [-0.05, 0) is 50.9 Å². The number of nitrogens with two attached hydrogens (primary N) is 1. The molecule has 0 amide bonds. The summed E-state index contributed by atoms with van der Waals surface area (Å²) in [5, 5.41) is 0. The monoisotopic (exact) mass is 263 g/mol. The maximum Gasteiger partial charge on any atom is 0.0777 e. The fraction of sp³-hybridized carbons (Fsp3) is 0.667. The summed E-state index contributed by atoms with van der Waals surface area (Å²) >= 11 is 0. The molecule has 106 valence electrons. The van der Waals surface area contributed by atoms with Crippen LogP contribution in [0.15, 0.2) is 24.5 Å². The van der Waals surface area contributed by atoms with Gasteiger partial charge in [0, 0.05) is 38.1 Å². The van der Waals surface area contributed by atoms with Crippen LogP contribution in [0.1, 0.15) is 38.3 Å². The van der Waals surface area contributed by atoms with Gasteiger partial charge in [-0.15, -0.1) is 0 Å². The van der Waals surface area contributed by atoms with Crippen LogP contribution in [-0.4, -0.2) is 41.7 Å². The highest BCUT2D eigenvalue weighted by Gasteiger charge is 2.35. The SMILES string of the molecule is COC1(C)CCCN(C(c2ccncc2)C(C)N)C1. The summed E-state index contributed by atoms with van der Waals surface area (Å²) in [6.45, 7) is 6.26. The molecular weight excluding hydrogens is 238 g/mol. The van der Waals surface area contributed by atoms with Crippen molar-refractivity contribution < 1.29 is 4.74 Å². The highest BCUT2D eigenvalue weighted by atomic mass is 16.5.